The van der Waals surface area contributed by atoms with Gasteiger partial charge in [-0.3, -0.25) is 0 Å². The molecular weight excluding hydrogens is 717 g/mol. The van der Waals surface area contributed by atoms with Crippen LogP contribution < -0.4 is 0 Å². The van der Waals surface area contributed by atoms with Crippen molar-refractivity contribution in [3.63, 3.8) is 0 Å². The Balaban J connectivity index is 0.918. The summed E-state index contributed by atoms with van der Waals surface area (Å²) in [6, 6.07) is 73.2. The molecule has 1 aliphatic carbocycles. The molecule has 2 aromatic heterocycles. The first-order valence-electron chi connectivity index (χ1n) is 20.1. The van der Waals surface area contributed by atoms with Gasteiger partial charge in [0.2, 0.25) is 0 Å². The Bertz CT molecular complexity index is 3420. The van der Waals surface area contributed by atoms with Gasteiger partial charge in [-0.05, 0) is 103 Å². The molecule has 0 saturated heterocycles. The van der Waals surface area contributed by atoms with Crippen LogP contribution in [0.3, 0.4) is 0 Å². The third-order valence-electron chi connectivity index (χ3n) is 11.8. The third kappa shape index (κ3) is 5.59. The Labute approximate surface area is 341 Å². The van der Waals surface area contributed by atoms with Crippen LogP contribution in [-0.2, 0) is 0 Å². The monoisotopic (exact) mass is 750 g/mol. The smallest absolute Gasteiger partial charge is 0.160 e. The summed E-state index contributed by atoms with van der Waals surface area (Å²) in [6.07, 6.45) is 0. The second-order valence-electron chi connectivity index (χ2n) is 15.3. The molecule has 0 radical (unpaired) electrons. The molecule has 1 aliphatic rings. The van der Waals surface area contributed by atoms with E-state index < -0.39 is 0 Å². The molecule has 0 saturated carbocycles. The van der Waals surface area contributed by atoms with Gasteiger partial charge in [0.15, 0.2) is 5.82 Å². The van der Waals surface area contributed by atoms with Crippen molar-refractivity contribution >= 4 is 32.7 Å². The Morgan fingerprint density at radius 1 is 0.271 bits per heavy atom. The summed E-state index contributed by atoms with van der Waals surface area (Å²) < 4.78 is 6.43. The number of para-hydroxylation sites is 1. The number of furan rings is 1. The molecule has 0 fully saturated rings. The fourth-order valence-electron chi connectivity index (χ4n) is 8.98. The third-order valence-corrected chi connectivity index (χ3v) is 11.8. The lowest BCUT2D eigenvalue weighted by Crippen LogP contribution is -1.96. The first-order chi connectivity index (χ1) is 29.2. The number of benzene rings is 9. The molecule has 0 aliphatic heterocycles. The van der Waals surface area contributed by atoms with Gasteiger partial charge in [0.1, 0.15) is 11.2 Å². The van der Waals surface area contributed by atoms with E-state index in [1.54, 1.807) is 0 Å². The van der Waals surface area contributed by atoms with E-state index in [2.05, 4.69) is 188 Å². The average molecular weight is 751 g/mol. The van der Waals surface area contributed by atoms with Crippen LogP contribution >= 0.6 is 0 Å². The molecule has 0 N–H and O–H groups in total. The van der Waals surface area contributed by atoms with E-state index in [1.165, 1.54) is 55.1 Å². The van der Waals surface area contributed by atoms with Gasteiger partial charge < -0.3 is 4.42 Å². The standard InChI is InChI=1S/C56H34N2O/c1-3-12-35(13-4-1)36-24-26-38(27-25-36)51-34-50(37-14-5-2-6-15-37)57-56(58-51)43-19-10-18-41(31-43)39-16-9-17-40(30-39)42-28-29-44-45-21-11-22-47-54(45)49(48(44)32-42)33-53-55(47)46-20-7-8-23-52(46)59-53/h1-34H. The van der Waals surface area contributed by atoms with Gasteiger partial charge in [-0.1, -0.05) is 170 Å². The van der Waals surface area contributed by atoms with Crippen LogP contribution in [0.4, 0.5) is 0 Å². The zero-order valence-electron chi connectivity index (χ0n) is 31.9. The molecule has 0 atom stereocenters. The minimum atomic E-state index is 0.692. The summed E-state index contributed by atoms with van der Waals surface area (Å²) in [5, 5.41) is 4.89. The molecule has 2 heterocycles. The van der Waals surface area contributed by atoms with E-state index >= 15 is 0 Å². The van der Waals surface area contributed by atoms with E-state index in [9.17, 15) is 0 Å². The normalized spacial score (nSPS) is 11.7. The molecule has 274 valence electrons. The van der Waals surface area contributed by atoms with Gasteiger partial charge >= 0.3 is 0 Å². The molecule has 12 rings (SSSR count). The number of fused-ring (bicyclic) bond motifs is 7. The van der Waals surface area contributed by atoms with Crippen LogP contribution in [0.2, 0.25) is 0 Å². The predicted molar refractivity (Wildman–Crippen MR) is 244 cm³/mol. The maximum atomic E-state index is 6.43. The lowest BCUT2D eigenvalue weighted by molar-refractivity contribution is 0.669. The van der Waals surface area contributed by atoms with Crippen LogP contribution in [0.1, 0.15) is 0 Å². The average Bonchev–Trinajstić information content (AvgIpc) is 3.85. The summed E-state index contributed by atoms with van der Waals surface area (Å²) in [7, 11) is 0. The van der Waals surface area contributed by atoms with E-state index in [-0.39, 0.29) is 0 Å². The second-order valence-corrected chi connectivity index (χ2v) is 15.3. The van der Waals surface area contributed by atoms with E-state index in [1.807, 2.05) is 18.2 Å². The molecule has 0 bridgehead atoms. The minimum absolute atomic E-state index is 0.692. The van der Waals surface area contributed by atoms with Crippen LogP contribution in [0.25, 0.3) is 122 Å². The van der Waals surface area contributed by atoms with E-state index in [4.69, 9.17) is 14.4 Å². The molecule has 0 unspecified atom stereocenters. The summed E-state index contributed by atoms with van der Waals surface area (Å²) in [4.78, 5) is 10.3. The highest BCUT2D eigenvalue weighted by molar-refractivity contribution is 6.28. The lowest BCUT2D eigenvalue weighted by atomic mass is 9.94. The van der Waals surface area contributed by atoms with Crippen LogP contribution in [0.5, 0.6) is 0 Å². The van der Waals surface area contributed by atoms with Crippen LogP contribution in [-0.4, -0.2) is 9.97 Å². The highest BCUT2D eigenvalue weighted by Crippen LogP contribution is 2.51. The molecule has 3 nitrogen and oxygen atoms in total. The van der Waals surface area contributed by atoms with Gasteiger partial charge in [-0.15, -0.1) is 0 Å². The zero-order chi connectivity index (χ0) is 38.9. The summed E-state index contributed by atoms with van der Waals surface area (Å²) >= 11 is 0. The number of aromatic nitrogens is 2. The molecule has 11 aromatic rings. The summed E-state index contributed by atoms with van der Waals surface area (Å²) in [6.45, 7) is 0. The quantitative estimate of drug-likeness (QED) is 0.170. The van der Waals surface area contributed by atoms with E-state index in [0.29, 0.717) is 5.82 Å². The van der Waals surface area contributed by atoms with Crippen molar-refractivity contribution in [2.45, 2.75) is 0 Å². The largest absolute Gasteiger partial charge is 0.456 e. The van der Waals surface area contributed by atoms with Crippen molar-refractivity contribution in [3.8, 4) is 89.5 Å². The number of rotatable bonds is 6. The maximum absolute atomic E-state index is 6.43. The zero-order valence-corrected chi connectivity index (χ0v) is 31.9. The molecule has 0 amide bonds. The fourth-order valence-corrected chi connectivity index (χ4v) is 8.98. The molecular formula is C56H34N2O. The minimum Gasteiger partial charge on any atom is -0.456 e. The Kier molecular flexibility index (Phi) is 7.54. The van der Waals surface area contributed by atoms with Crippen molar-refractivity contribution in [3.05, 3.63) is 206 Å². The van der Waals surface area contributed by atoms with Gasteiger partial charge in [0.05, 0.1) is 11.4 Å². The SMILES string of the molecule is c1ccc(-c2ccc(-c3cc(-c4ccccc4)nc(-c4cccc(-c5cccc(-c6ccc7c(c6)-c6cc8oc9ccccc9c8c8cccc-7c68)c5)c4)n3)cc2)cc1. The fraction of sp³-hybridized carbons (Fsp3) is 0. The number of hydrogen-bond acceptors (Lipinski definition) is 3. The first kappa shape index (κ1) is 33.3. The van der Waals surface area contributed by atoms with Crippen molar-refractivity contribution in [2.75, 3.05) is 0 Å². The number of nitrogens with zero attached hydrogens (tertiary/aromatic N) is 2. The Hall–Kier alpha value is -7.88. The van der Waals surface area contributed by atoms with Gasteiger partial charge in [0.25, 0.3) is 0 Å². The van der Waals surface area contributed by atoms with Gasteiger partial charge in [-0.25, -0.2) is 9.97 Å². The van der Waals surface area contributed by atoms with Crippen molar-refractivity contribution < 1.29 is 4.42 Å². The Morgan fingerprint density at radius 2 is 0.797 bits per heavy atom. The van der Waals surface area contributed by atoms with Crippen molar-refractivity contribution in [1.29, 1.82) is 0 Å². The summed E-state index contributed by atoms with van der Waals surface area (Å²) in [5.41, 5.74) is 18.7. The predicted octanol–water partition coefficient (Wildman–Crippen LogP) is 15.2. The lowest BCUT2D eigenvalue weighted by Gasteiger charge is -2.12. The maximum Gasteiger partial charge on any atom is 0.160 e. The van der Waals surface area contributed by atoms with Crippen LogP contribution in [0, 0.1) is 0 Å². The number of hydrogen-bond donors (Lipinski definition) is 0. The van der Waals surface area contributed by atoms with Gasteiger partial charge in [0, 0.05) is 27.5 Å². The second kappa shape index (κ2) is 13.4. The highest BCUT2D eigenvalue weighted by atomic mass is 16.3. The topological polar surface area (TPSA) is 38.9 Å². The van der Waals surface area contributed by atoms with E-state index in [0.717, 1.165) is 61.3 Å². The molecule has 3 heteroatoms. The first-order valence-corrected chi connectivity index (χ1v) is 20.1. The van der Waals surface area contributed by atoms with Crippen molar-refractivity contribution in [2.24, 2.45) is 0 Å². The van der Waals surface area contributed by atoms with Crippen LogP contribution in [0.15, 0.2) is 211 Å². The molecule has 59 heavy (non-hydrogen) atoms. The summed E-state index contributed by atoms with van der Waals surface area (Å²) in [5.74, 6) is 0.692. The Morgan fingerprint density at radius 3 is 1.54 bits per heavy atom. The molecule has 0 spiro atoms. The van der Waals surface area contributed by atoms with Crippen molar-refractivity contribution in [1.82, 2.24) is 9.97 Å². The molecule has 9 aromatic carbocycles. The van der Waals surface area contributed by atoms with Gasteiger partial charge in [-0.2, -0.15) is 0 Å². The highest BCUT2D eigenvalue weighted by Gasteiger charge is 2.25.